The molecule has 0 fully saturated rings. The molecule has 0 unspecified atom stereocenters. The van der Waals surface area contributed by atoms with Crippen LogP contribution in [-0.4, -0.2) is 22.2 Å². The molecule has 1 aromatic carbocycles. The third-order valence-electron chi connectivity index (χ3n) is 2.72. The molecule has 0 bridgehead atoms. The maximum Gasteiger partial charge on any atom is 0.438 e. The molecule has 7 heteroatoms. The monoisotopic (exact) mass is 273 g/mol. The Morgan fingerprint density at radius 2 is 2.10 bits per heavy atom. The van der Waals surface area contributed by atoms with Crippen molar-refractivity contribution >= 4 is 0 Å². The Balaban J connectivity index is 1.80. The smallest absolute Gasteiger partial charge is 0.438 e. The first-order chi connectivity index (χ1) is 9.74. The van der Waals surface area contributed by atoms with Gasteiger partial charge in [0.15, 0.2) is 5.82 Å². The summed E-state index contributed by atoms with van der Waals surface area (Å²) in [5.41, 5.74) is 1.49. The second kappa shape index (κ2) is 5.04. The van der Waals surface area contributed by atoms with Gasteiger partial charge in [0, 0.05) is 5.56 Å². The minimum absolute atomic E-state index is 0.339. The van der Waals surface area contributed by atoms with E-state index in [9.17, 15) is 4.79 Å². The first kappa shape index (κ1) is 12.2. The molecule has 1 N–H and O–H groups in total. The molecule has 0 amide bonds. The van der Waals surface area contributed by atoms with E-state index in [-0.39, 0.29) is 0 Å². The number of rotatable bonds is 4. The quantitative estimate of drug-likeness (QED) is 0.776. The van der Waals surface area contributed by atoms with Gasteiger partial charge in [-0.15, -0.1) is 0 Å². The lowest BCUT2D eigenvalue weighted by molar-refractivity contribution is 0.382. The zero-order valence-corrected chi connectivity index (χ0v) is 10.6. The number of aromatic amines is 1. The van der Waals surface area contributed by atoms with Gasteiger partial charge in [0.25, 0.3) is 0 Å². The van der Waals surface area contributed by atoms with Crippen LogP contribution in [-0.2, 0) is 6.42 Å². The third-order valence-corrected chi connectivity index (χ3v) is 2.72. The van der Waals surface area contributed by atoms with Crippen LogP contribution >= 0.6 is 0 Å². The van der Waals surface area contributed by atoms with E-state index < -0.39 is 5.76 Å². The van der Waals surface area contributed by atoms with Gasteiger partial charge in [-0.25, -0.2) is 9.78 Å². The summed E-state index contributed by atoms with van der Waals surface area (Å²) in [5, 5.41) is 3.57. The highest BCUT2D eigenvalue weighted by molar-refractivity contribution is 5.54. The number of hydrogen-bond acceptors (Lipinski definition) is 6. The molecular formula is C13H11N3O4. The molecule has 0 radical (unpaired) electrons. The number of hydrogen-bond donors (Lipinski definition) is 1. The lowest BCUT2D eigenvalue weighted by Crippen LogP contribution is -1.98. The van der Waals surface area contributed by atoms with Crippen molar-refractivity contribution in [3.63, 3.8) is 0 Å². The van der Waals surface area contributed by atoms with Crippen molar-refractivity contribution in [1.82, 2.24) is 15.1 Å². The van der Waals surface area contributed by atoms with Gasteiger partial charge in [-0.2, -0.15) is 0 Å². The summed E-state index contributed by atoms with van der Waals surface area (Å²) in [6.07, 6.45) is 1.86. The Morgan fingerprint density at radius 3 is 2.75 bits per heavy atom. The predicted molar refractivity (Wildman–Crippen MR) is 68.4 cm³/mol. The van der Waals surface area contributed by atoms with E-state index in [4.69, 9.17) is 9.15 Å². The Labute approximate surface area is 113 Å². The Hall–Kier alpha value is -2.83. The van der Waals surface area contributed by atoms with Crippen LogP contribution in [0.3, 0.4) is 0 Å². The van der Waals surface area contributed by atoms with Gasteiger partial charge >= 0.3 is 5.76 Å². The van der Waals surface area contributed by atoms with E-state index in [1.165, 1.54) is 6.26 Å². The SMILES string of the molecule is COc1ccc(-c2nc(Cc3noc(=O)[nH]3)co2)cc1. The molecule has 3 aromatic rings. The molecule has 0 aliphatic heterocycles. The van der Waals surface area contributed by atoms with Crippen molar-refractivity contribution in [3.8, 4) is 17.2 Å². The van der Waals surface area contributed by atoms with Crippen LogP contribution in [0.25, 0.3) is 11.5 Å². The Morgan fingerprint density at radius 1 is 1.30 bits per heavy atom. The summed E-state index contributed by atoms with van der Waals surface area (Å²) in [6, 6.07) is 7.36. The molecule has 2 heterocycles. The summed E-state index contributed by atoms with van der Waals surface area (Å²) in [6.45, 7) is 0. The fraction of sp³-hybridized carbons (Fsp3) is 0.154. The second-order valence-corrected chi connectivity index (χ2v) is 4.09. The molecule has 0 aliphatic carbocycles. The number of aromatic nitrogens is 3. The van der Waals surface area contributed by atoms with E-state index in [1.54, 1.807) is 7.11 Å². The van der Waals surface area contributed by atoms with Crippen molar-refractivity contribution in [2.75, 3.05) is 7.11 Å². The summed E-state index contributed by atoms with van der Waals surface area (Å²) >= 11 is 0. The van der Waals surface area contributed by atoms with Crippen LogP contribution in [0.4, 0.5) is 0 Å². The van der Waals surface area contributed by atoms with Crippen LogP contribution in [0.2, 0.25) is 0 Å². The van der Waals surface area contributed by atoms with Gasteiger partial charge in [-0.05, 0) is 24.3 Å². The largest absolute Gasteiger partial charge is 0.497 e. The molecule has 2 aromatic heterocycles. The molecule has 0 aliphatic rings. The number of methoxy groups -OCH3 is 1. The maximum atomic E-state index is 10.8. The molecule has 102 valence electrons. The molecule has 0 atom stereocenters. The van der Waals surface area contributed by atoms with Crippen LogP contribution in [0, 0.1) is 0 Å². The molecule has 7 nitrogen and oxygen atoms in total. The van der Waals surface area contributed by atoms with Gasteiger partial charge in [-0.1, -0.05) is 5.16 Å². The van der Waals surface area contributed by atoms with Gasteiger partial charge in [0.1, 0.15) is 12.0 Å². The van der Waals surface area contributed by atoms with Crippen LogP contribution in [0.15, 0.2) is 44.3 Å². The molecule has 0 saturated heterocycles. The molecule has 0 saturated carbocycles. The maximum absolute atomic E-state index is 10.8. The third kappa shape index (κ3) is 2.46. The van der Waals surface area contributed by atoms with E-state index >= 15 is 0 Å². The van der Waals surface area contributed by atoms with Crippen molar-refractivity contribution in [2.45, 2.75) is 6.42 Å². The number of nitrogens with one attached hydrogen (secondary N) is 1. The lowest BCUT2D eigenvalue weighted by atomic mass is 10.2. The predicted octanol–water partition coefficient (Wildman–Crippen LogP) is 1.62. The average molecular weight is 273 g/mol. The fourth-order valence-corrected chi connectivity index (χ4v) is 1.76. The van der Waals surface area contributed by atoms with Crippen molar-refractivity contribution in [1.29, 1.82) is 0 Å². The second-order valence-electron chi connectivity index (χ2n) is 4.09. The molecule has 20 heavy (non-hydrogen) atoms. The minimum atomic E-state index is -0.584. The number of benzene rings is 1. The Kier molecular flexibility index (Phi) is 3.08. The first-order valence-corrected chi connectivity index (χ1v) is 5.88. The first-order valence-electron chi connectivity index (χ1n) is 5.88. The van der Waals surface area contributed by atoms with Gasteiger partial charge in [0.05, 0.1) is 19.2 Å². The van der Waals surface area contributed by atoms with E-state index in [0.717, 1.165) is 11.3 Å². The van der Waals surface area contributed by atoms with Crippen molar-refractivity contribution in [3.05, 3.63) is 52.6 Å². The number of oxazole rings is 1. The molecule has 3 rings (SSSR count). The van der Waals surface area contributed by atoms with Crippen molar-refractivity contribution < 1.29 is 13.7 Å². The number of nitrogens with zero attached hydrogens (tertiary/aromatic N) is 2. The highest BCUT2D eigenvalue weighted by Crippen LogP contribution is 2.22. The van der Waals surface area contributed by atoms with Gasteiger partial charge in [-0.3, -0.25) is 9.51 Å². The van der Waals surface area contributed by atoms with Crippen molar-refractivity contribution in [2.24, 2.45) is 0 Å². The normalized spacial score (nSPS) is 10.7. The lowest BCUT2D eigenvalue weighted by Gasteiger charge is -1.99. The van der Waals surface area contributed by atoms with E-state index in [0.29, 0.717) is 23.8 Å². The molecular weight excluding hydrogens is 262 g/mol. The summed E-state index contributed by atoms with van der Waals surface area (Å²) in [5.74, 6) is 1.08. The number of ether oxygens (including phenoxy) is 1. The highest BCUT2D eigenvalue weighted by Gasteiger charge is 2.09. The zero-order valence-electron chi connectivity index (χ0n) is 10.6. The van der Waals surface area contributed by atoms with Crippen LogP contribution < -0.4 is 10.5 Å². The van der Waals surface area contributed by atoms with Gasteiger partial charge in [0.2, 0.25) is 5.89 Å². The Bertz CT molecular complexity index is 754. The van der Waals surface area contributed by atoms with E-state index in [2.05, 4.69) is 19.6 Å². The van der Waals surface area contributed by atoms with Crippen LogP contribution in [0.1, 0.15) is 11.5 Å². The minimum Gasteiger partial charge on any atom is -0.497 e. The van der Waals surface area contributed by atoms with E-state index in [1.807, 2.05) is 24.3 Å². The fourth-order valence-electron chi connectivity index (χ4n) is 1.76. The topological polar surface area (TPSA) is 94.1 Å². The van der Waals surface area contributed by atoms with Crippen LogP contribution in [0.5, 0.6) is 5.75 Å². The zero-order chi connectivity index (χ0) is 13.9. The summed E-state index contributed by atoms with van der Waals surface area (Å²) in [4.78, 5) is 17.6. The number of H-pyrrole nitrogens is 1. The van der Waals surface area contributed by atoms with Gasteiger partial charge < -0.3 is 9.15 Å². The summed E-state index contributed by atoms with van der Waals surface area (Å²) in [7, 11) is 1.61. The molecule has 0 spiro atoms. The summed E-state index contributed by atoms with van der Waals surface area (Å²) < 4.78 is 14.9. The standard InChI is InChI=1S/C13H11N3O4/c1-18-10-4-2-8(3-5-10)12-14-9(7-19-12)6-11-15-13(17)20-16-11/h2-5,7H,6H2,1H3,(H,15,16,17). The highest BCUT2D eigenvalue weighted by atomic mass is 16.5. The average Bonchev–Trinajstić information content (AvgIpc) is 3.09.